The number of alkyl halides is 4. The van der Waals surface area contributed by atoms with E-state index < -0.39 is 34.3 Å². The minimum atomic E-state index is -4.86. The summed E-state index contributed by atoms with van der Waals surface area (Å²) in [5, 5.41) is 0. The van der Waals surface area contributed by atoms with Crippen LogP contribution in [-0.2, 0) is 14.8 Å². The third kappa shape index (κ3) is 6.80. The molecule has 0 unspecified atom stereocenters. The van der Waals surface area contributed by atoms with Gasteiger partial charge in [-0.1, -0.05) is 6.92 Å². The molecule has 0 aromatic heterocycles. The highest BCUT2D eigenvalue weighted by atomic mass is 32.2. The Bertz CT molecular complexity index is 918. The van der Waals surface area contributed by atoms with Crippen molar-refractivity contribution in [3.05, 3.63) is 24.3 Å². The van der Waals surface area contributed by atoms with E-state index in [-0.39, 0.29) is 35.2 Å². The highest BCUT2D eigenvalue weighted by molar-refractivity contribution is 7.89. The quantitative estimate of drug-likeness (QED) is 0.567. The molecular formula is C21H29F4N3O4S. The molecule has 0 spiro atoms. The van der Waals surface area contributed by atoms with Gasteiger partial charge in [-0.05, 0) is 68.2 Å². The molecule has 3 N–H and O–H groups in total. The molecule has 7 nitrogen and oxygen atoms in total. The van der Waals surface area contributed by atoms with Gasteiger partial charge in [0.1, 0.15) is 11.9 Å². The zero-order chi connectivity index (χ0) is 24.4. The number of nitrogens with one attached hydrogen (secondary N) is 1. The largest absolute Gasteiger partial charge is 0.573 e. The Morgan fingerprint density at radius 3 is 2.27 bits per heavy atom. The number of halogens is 4. The third-order valence-electron chi connectivity index (χ3n) is 6.50. The first-order valence-electron chi connectivity index (χ1n) is 10.9. The molecule has 12 heteroatoms. The van der Waals surface area contributed by atoms with Crippen molar-refractivity contribution in [2.24, 2.45) is 17.6 Å². The summed E-state index contributed by atoms with van der Waals surface area (Å²) in [4.78, 5) is 13.9. The van der Waals surface area contributed by atoms with Crippen molar-refractivity contribution in [3.63, 3.8) is 0 Å². The van der Waals surface area contributed by atoms with Crippen LogP contribution in [0.3, 0.4) is 0 Å². The van der Waals surface area contributed by atoms with E-state index in [1.54, 1.807) is 0 Å². The summed E-state index contributed by atoms with van der Waals surface area (Å²) in [6, 6.07) is 2.95. The molecule has 33 heavy (non-hydrogen) atoms. The van der Waals surface area contributed by atoms with Crippen LogP contribution >= 0.6 is 0 Å². The van der Waals surface area contributed by atoms with Crippen LogP contribution in [0.1, 0.15) is 39.0 Å². The number of carbonyl (C=O) groups is 1. The van der Waals surface area contributed by atoms with E-state index in [9.17, 15) is 30.8 Å². The monoisotopic (exact) mass is 495 g/mol. The number of hydrogen-bond donors (Lipinski definition) is 2. The van der Waals surface area contributed by atoms with Crippen LogP contribution in [0.5, 0.6) is 5.75 Å². The minimum absolute atomic E-state index is 0.0804. The zero-order valence-corrected chi connectivity index (χ0v) is 19.0. The van der Waals surface area contributed by atoms with E-state index in [0.717, 1.165) is 24.3 Å². The molecule has 1 saturated carbocycles. The van der Waals surface area contributed by atoms with Crippen molar-refractivity contribution in [2.75, 3.05) is 13.1 Å². The summed E-state index contributed by atoms with van der Waals surface area (Å²) in [6.45, 7) is 2.35. The number of ether oxygens (including phenoxy) is 1. The van der Waals surface area contributed by atoms with E-state index in [4.69, 9.17) is 5.73 Å². The minimum Gasteiger partial charge on any atom is -0.406 e. The average Bonchev–Trinajstić information content (AvgIpc) is 3.18. The second-order valence-electron chi connectivity index (χ2n) is 8.81. The van der Waals surface area contributed by atoms with Crippen LogP contribution < -0.4 is 15.2 Å². The number of hydrogen-bond acceptors (Lipinski definition) is 5. The van der Waals surface area contributed by atoms with Gasteiger partial charge in [0.05, 0.1) is 17.5 Å². The van der Waals surface area contributed by atoms with Crippen molar-refractivity contribution in [1.82, 2.24) is 9.62 Å². The molecule has 186 valence electrons. The summed E-state index contributed by atoms with van der Waals surface area (Å²) in [5.74, 6) is -0.747. The Morgan fingerprint density at radius 2 is 1.76 bits per heavy atom. The normalized spacial score (nSPS) is 26.1. The first-order valence-corrected chi connectivity index (χ1v) is 12.4. The Morgan fingerprint density at radius 1 is 1.15 bits per heavy atom. The summed E-state index contributed by atoms with van der Waals surface area (Å²) >= 11 is 0. The van der Waals surface area contributed by atoms with Gasteiger partial charge in [-0.2, -0.15) is 0 Å². The molecule has 1 amide bonds. The van der Waals surface area contributed by atoms with E-state index in [1.165, 1.54) is 4.90 Å². The lowest BCUT2D eigenvalue weighted by Crippen LogP contribution is -2.49. The lowest BCUT2D eigenvalue weighted by Gasteiger charge is -2.35. The first kappa shape index (κ1) is 25.7. The molecule has 1 saturated heterocycles. The topological polar surface area (TPSA) is 102 Å². The summed E-state index contributed by atoms with van der Waals surface area (Å²) in [6.07, 6.45) is -3.12. The fraction of sp³-hybridized carbons (Fsp3) is 0.667. The van der Waals surface area contributed by atoms with E-state index >= 15 is 0 Å². The number of likely N-dealkylation sites (tertiary alicyclic amines) is 1. The van der Waals surface area contributed by atoms with Gasteiger partial charge in [-0.15, -0.1) is 13.2 Å². The molecule has 2 fully saturated rings. The molecular weight excluding hydrogens is 466 g/mol. The molecule has 3 rings (SSSR count). The standard InChI is InChI=1S/C21H29F4N3O4S/c1-13(19(26)20(29)28-11-10-15(22)12-28)14-2-4-16(5-3-14)27-33(30,31)18-8-6-17(7-9-18)32-21(23,24)25/h6-9,13-16,19,27H,2-5,10-12,26H2,1H3/t13-,14?,15-,16?,19-/m0/s1. The molecule has 1 aromatic rings. The zero-order valence-electron chi connectivity index (χ0n) is 18.2. The van der Waals surface area contributed by atoms with E-state index in [0.29, 0.717) is 38.6 Å². The van der Waals surface area contributed by atoms with E-state index in [1.807, 2.05) is 6.92 Å². The van der Waals surface area contributed by atoms with Crippen molar-refractivity contribution >= 4 is 15.9 Å². The fourth-order valence-electron chi connectivity index (χ4n) is 4.52. The average molecular weight is 496 g/mol. The molecule has 1 heterocycles. The maximum absolute atomic E-state index is 13.4. The molecule has 0 bridgehead atoms. The number of rotatable bonds is 7. The Kier molecular flexibility index (Phi) is 7.90. The molecule has 1 aromatic carbocycles. The second kappa shape index (κ2) is 10.1. The lowest BCUT2D eigenvalue weighted by atomic mass is 9.76. The van der Waals surface area contributed by atoms with Gasteiger partial charge < -0.3 is 15.4 Å². The van der Waals surface area contributed by atoms with Crippen LogP contribution in [0.2, 0.25) is 0 Å². The number of amides is 1. The Hall–Kier alpha value is -1.92. The maximum atomic E-state index is 13.4. The number of nitrogens with zero attached hydrogens (tertiary/aromatic N) is 1. The van der Waals surface area contributed by atoms with Crippen LogP contribution in [0, 0.1) is 11.8 Å². The second-order valence-corrected chi connectivity index (χ2v) is 10.5. The van der Waals surface area contributed by atoms with Gasteiger partial charge in [0.25, 0.3) is 0 Å². The predicted molar refractivity (Wildman–Crippen MR) is 112 cm³/mol. The summed E-state index contributed by atoms with van der Waals surface area (Å²) in [5.41, 5.74) is 6.17. The summed E-state index contributed by atoms with van der Waals surface area (Å²) in [7, 11) is -3.91. The molecule has 0 radical (unpaired) electrons. The van der Waals surface area contributed by atoms with Crippen molar-refractivity contribution in [2.45, 2.75) is 68.5 Å². The van der Waals surface area contributed by atoms with Crippen LogP contribution in [-0.4, -0.2) is 56.9 Å². The molecule has 2 aliphatic rings. The number of carbonyl (C=O) groups excluding carboxylic acids is 1. The number of nitrogens with two attached hydrogens (primary N) is 1. The smallest absolute Gasteiger partial charge is 0.406 e. The van der Waals surface area contributed by atoms with Crippen molar-refractivity contribution in [1.29, 1.82) is 0 Å². The number of sulfonamides is 1. The van der Waals surface area contributed by atoms with Crippen molar-refractivity contribution < 1.29 is 35.5 Å². The third-order valence-corrected chi connectivity index (χ3v) is 8.04. The van der Waals surface area contributed by atoms with E-state index in [2.05, 4.69) is 9.46 Å². The van der Waals surface area contributed by atoms with Gasteiger partial charge in [0.2, 0.25) is 15.9 Å². The maximum Gasteiger partial charge on any atom is 0.573 e. The predicted octanol–water partition coefficient (Wildman–Crippen LogP) is 2.96. The number of benzene rings is 1. The van der Waals surface area contributed by atoms with Crippen molar-refractivity contribution in [3.8, 4) is 5.75 Å². The SMILES string of the molecule is C[C@@H](C1CCC(NS(=O)(=O)c2ccc(OC(F)(F)F)cc2)CC1)[C@H](N)C(=O)N1CC[C@H](F)C1. The Labute approximate surface area is 190 Å². The first-order chi connectivity index (χ1) is 15.4. The fourth-order valence-corrected chi connectivity index (χ4v) is 5.82. The molecule has 1 aliphatic carbocycles. The van der Waals surface area contributed by atoms with Gasteiger partial charge in [0.15, 0.2) is 0 Å². The van der Waals surface area contributed by atoms with Gasteiger partial charge in [0, 0.05) is 12.6 Å². The van der Waals surface area contributed by atoms with Crippen LogP contribution in [0.15, 0.2) is 29.2 Å². The van der Waals surface area contributed by atoms with Gasteiger partial charge >= 0.3 is 6.36 Å². The highest BCUT2D eigenvalue weighted by Gasteiger charge is 2.36. The molecule has 1 aliphatic heterocycles. The Balaban J connectivity index is 1.51. The lowest BCUT2D eigenvalue weighted by molar-refractivity contribution is -0.274. The van der Waals surface area contributed by atoms with Crippen LogP contribution in [0.4, 0.5) is 17.6 Å². The van der Waals surface area contributed by atoms with Gasteiger partial charge in [-0.3, -0.25) is 4.79 Å². The summed E-state index contributed by atoms with van der Waals surface area (Å²) < 4.78 is 81.8. The molecule has 3 atom stereocenters. The van der Waals surface area contributed by atoms with Crippen LogP contribution in [0.25, 0.3) is 0 Å². The highest BCUT2D eigenvalue weighted by Crippen LogP contribution is 2.33. The van der Waals surface area contributed by atoms with Gasteiger partial charge in [-0.25, -0.2) is 17.5 Å².